The SMILES string of the molecule is Cc1cc(F)c(F)c(-c2cc(C(=O)O)[nH]n2)c1. The number of aromatic carboxylic acids is 1. The number of carboxylic acids is 1. The second-order valence-corrected chi connectivity index (χ2v) is 3.58. The number of hydrogen-bond acceptors (Lipinski definition) is 2. The molecule has 0 fully saturated rings. The van der Waals surface area contributed by atoms with E-state index in [0.29, 0.717) is 5.56 Å². The highest BCUT2D eigenvalue weighted by Crippen LogP contribution is 2.24. The standard InChI is InChI=1S/C11H8F2N2O2/c1-5-2-6(10(13)7(12)3-5)8-4-9(11(16)17)15-14-8/h2-4H,1H3,(H,14,15)(H,16,17). The summed E-state index contributed by atoms with van der Waals surface area (Å²) in [4.78, 5) is 10.6. The van der Waals surface area contributed by atoms with Crippen LogP contribution >= 0.6 is 0 Å². The molecule has 88 valence electrons. The Morgan fingerprint density at radius 2 is 2.06 bits per heavy atom. The molecule has 1 aromatic heterocycles. The molecule has 0 amide bonds. The number of halogens is 2. The summed E-state index contributed by atoms with van der Waals surface area (Å²) >= 11 is 0. The highest BCUT2D eigenvalue weighted by atomic mass is 19.2. The first-order valence-corrected chi connectivity index (χ1v) is 4.73. The number of carbonyl (C=O) groups is 1. The average molecular weight is 238 g/mol. The zero-order chi connectivity index (χ0) is 12.6. The van der Waals surface area contributed by atoms with Gasteiger partial charge >= 0.3 is 5.97 Å². The third-order valence-corrected chi connectivity index (χ3v) is 2.26. The van der Waals surface area contributed by atoms with Crippen LogP contribution in [0.25, 0.3) is 11.3 Å². The van der Waals surface area contributed by atoms with Gasteiger partial charge in [0.05, 0.1) is 5.69 Å². The Kier molecular flexibility index (Phi) is 2.63. The minimum atomic E-state index is -1.21. The quantitative estimate of drug-likeness (QED) is 0.844. The van der Waals surface area contributed by atoms with Crippen molar-refractivity contribution in [3.63, 3.8) is 0 Å². The Balaban J connectivity index is 2.56. The Hall–Kier alpha value is -2.24. The molecule has 1 heterocycles. The molecule has 6 heteroatoms. The molecular formula is C11H8F2N2O2. The predicted molar refractivity (Wildman–Crippen MR) is 55.6 cm³/mol. The van der Waals surface area contributed by atoms with Crippen molar-refractivity contribution in [3.8, 4) is 11.3 Å². The maximum absolute atomic E-state index is 13.5. The van der Waals surface area contributed by atoms with Crippen LogP contribution in [0.1, 0.15) is 16.1 Å². The number of benzene rings is 1. The van der Waals surface area contributed by atoms with Gasteiger partial charge in [-0.2, -0.15) is 5.10 Å². The Bertz CT molecular complexity index is 593. The van der Waals surface area contributed by atoms with Gasteiger partial charge in [-0.1, -0.05) is 0 Å². The Labute approximate surface area is 94.9 Å². The topological polar surface area (TPSA) is 66.0 Å². The maximum Gasteiger partial charge on any atom is 0.353 e. The molecule has 1 aromatic carbocycles. The van der Waals surface area contributed by atoms with E-state index in [2.05, 4.69) is 10.2 Å². The predicted octanol–water partition coefficient (Wildman–Crippen LogP) is 2.36. The fourth-order valence-electron chi connectivity index (χ4n) is 1.48. The first-order valence-electron chi connectivity index (χ1n) is 4.73. The van der Waals surface area contributed by atoms with Crippen molar-refractivity contribution in [3.05, 3.63) is 41.1 Å². The van der Waals surface area contributed by atoms with Crippen LogP contribution in [-0.2, 0) is 0 Å². The van der Waals surface area contributed by atoms with E-state index in [4.69, 9.17) is 5.11 Å². The average Bonchev–Trinajstić information content (AvgIpc) is 2.72. The second kappa shape index (κ2) is 3.97. The van der Waals surface area contributed by atoms with E-state index in [0.717, 1.165) is 12.1 Å². The van der Waals surface area contributed by atoms with Crippen molar-refractivity contribution in [2.45, 2.75) is 6.92 Å². The van der Waals surface area contributed by atoms with Gasteiger partial charge < -0.3 is 5.11 Å². The van der Waals surface area contributed by atoms with Gasteiger partial charge in [-0.25, -0.2) is 13.6 Å². The van der Waals surface area contributed by atoms with Gasteiger partial charge in [0.1, 0.15) is 5.69 Å². The van der Waals surface area contributed by atoms with Gasteiger partial charge in [-0.15, -0.1) is 0 Å². The first kappa shape index (κ1) is 11.3. The number of H-pyrrole nitrogens is 1. The molecule has 0 spiro atoms. The summed E-state index contributed by atoms with van der Waals surface area (Å²) in [7, 11) is 0. The molecule has 0 unspecified atom stereocenters. The monoisotopic (exact) mass is 238 g/mol. The van der Waals surface area contributed by atoms with Crippen LogP contribution in [0.4, 0.5) is 8.78 Å². The van der Waals surface area contributed by atoms with Crippen LogP contribution in [-0.4, -0.2) is 21.3 Å². The molecule has 0 saturated heterocycles. The van der Waals surface area contributed by atoms with E-state index in [1.807, 2.05) is 0 Å². The van der Waals surface area contributed by atoms with Crippen molar-refractivity contribution in [1.29, 1.82) is 0 Å². The highest BCUT2D eigenvalue weighted by Gasteiger charge is 2.15. The van der Waals surface area contributed by atoms with E-state index in [1.165, 1.54) is 6.07 Å². The fraction of sp³-hybridized carbons (Fsp3) is 0.0909. The summed E-state index contributed by atoms with van der Waals surface area (Å²) in [5.41, 5.74) is 0.342. The molecule has 4 nitrogen and oxygen atoms in total. The maximum atomic E-state index is 13.5. The number of aromatic amines is 1. The van der Waals surface area contributed by atoms with Crippen molar-refractivity contribution in [1.82, 2.24) is 10.2 Å². The van der Waals surface area contributed by atoms with Crippen LogP contribution in [0, 0.1) is 18.6 Å². The van der Waals surface area contributed by atoms with Crippen molar-refractivity contribution in [2.24, 2.45) is 0 Å². The summed E-state index contributed by atoms with van der Waals surface area (Å²) in [5.74, 6) is -3.24. The zero-order valence-corrected chi connectivity index (χ0v) is 8.79. The number of nitrogens with one attached hydrogen (secondary N) is 1. The van der Waals surface area contributed by atoms with Crippen molar-refractivity contribution < 1.29 is 18.7 Å². The van der Waals surface area contributed by atoms with Gasteiger partial charge in [0, 0.05) is 5.56 Å². The number of carboxylic acid groups (broad SMARTS) is 1. The first-order chi connectivity index (χ1) is 7.99. The van der Waals surface area contributed by atoms with Gasteiger partial charge in [0.25, 0.3) is 0 Å². The molecule has 0 bridgehead atoms. The minimum absolute atomic E-state index is 0.0579. The number of rotatable bonds is 2. The van der Waals surface area contributed by atoms with Crippen molar-refractivity contribution in [2.75, 3.05) is 0 Å². The minimum Gasteiger partial charge on any atom is -0.477 e. The highest BCUT2D eigenvalue weighted by molar-refractivity contribution is 5.86. The molecule has 2 aromatic rings. The van der Waals surface area contributed by atoms with Gasteiger partial charge in [0.2, 0.25) is 0 Å². The lowest BCUT2D eigenvalue weighted by Crippen LogP contribution is -1.95. The number of aryl methyl sites for hydroxylation is 1. The molecule has 17 heavy (non-hydrogen) atoms. The van der Waals surface area contributed by atoms with E-state index in [-0.39, 0.29) is 17.0 Å². The molecule has 2 rings (SSSR count). The fourth-order valence-corrected chi connectivity index (χ4v) is 1.48. The summed E-state index contributed by atoms with van der Waals surface area (Å²) < 4.78 is 26.7. The molecular weight excluding hydrogens is 230 g/mol. The summed E-state index contributed by atoms with van der Waals surface area (Å²) in [5, 5.41) is 14.6. The number of nitrogens with zero attached hydrogens (tertiary/aromatic N) is 1. The normalized spacial score (nSPS) is 10.5. The van der Waals surface area contributed by atoms with Crippen LogP contribution in [0.5, 0.6) is 0 Å². The van der Waals surface area contributed by atoms with Crippen molar-refractivity contribution >= 4 is 5.97 Å². The molecule has 0 saturated carbocycles. The lowest BCUT2D eigenvalue weighted by atomic mass is 10.1. The lowest BCUT2D eigenvalue weighted by molar-refractivity contribution is 0.0690. The third-order valence-electron chi connectivity index (χ3n) is 2.26. The van der Waals surface area contributed by atoms with E-state index < -0.39 is 17.6 Å². The van der Waals surface area contributed by atoms with Crippen LogP contribution in [0.3, 0.4) is 0 Å². The largest absolute Gasteiger partial charge is 0.477 e. The van der Waals surface area contributed by atoms with E-state index in [9.17, 15) is 13.6 Å². The zero-order valence-electron chi connectivity index (χ0n) is 8.79. The summed E-state index contributed by atoms with van der Waals surface area (Å²) in [6.45, 7) is 1.61. The van der Waals surface area contributed by atoms with Crippen LogP contribution in [0.15, 0.2) is 18.2 Å². The van der Waals surface area contributed by atoms with E-state index in [1.54, 1.807) is 6.92 Å². The number of hydrogen-bond donors (Lipinski definition) is 2. The summed E-state index contributed by atoms with van der Waals surface area (Å²) in [6, 6.07) is 3.61. The molecule has 0 radical (unpaired) electrons. The lowest BCUT2D eigenvalue weighted by Gasteiger charge is -2.02. The smallest absolute Gasteiger partial charge is 0.353 e. The van der Waals surface area contributed by atoms with E-state index >= 15 is 0 Å². The summed E-state index contributed by atoms with van der Waals surface area (Å²) in [6.07, 6.45) is 0. The molecule has 0 atom stereocenters. The molecule has 0 aliphatic rings. The molecule has 0 aliphatic carbocycles. The van der Waals surface area contributed by atoms with Crippen LogP contribution < -0.4 is 0 Å². The number of aromatic nitrogens is 2. The Morgan fingerprint density at radius 1 is 1.35 bits per heavy atom. The second-order valence-electron chi connectivity index (χ2n) is 3.58. The van der Waals surface area contributed by atoms with Crippen LogP contribution in [0.2, 0.25) is 0 Å². The third kappa shape index (κ3) is 2.01. The van der Waals surface area contributed by atoms with Gasteiger partial charge in [0.15, 0.2) is 11.6 Å². The molecule has 0 aliphatic heterocycles. The van der Waals surface area contributed by atoms with Gasteiger partial charge in [-0.3, -0.25) is 5.10 Å². The van der Waals surface area contributed by atoms with Gasteiger partial charge in [-0.05, 0) is 30.7 Å². The molecule has 2 N–H and O–H groups in total. The Morgan fingerprint density at radius 3 is 2.65 bits per heavy atom.